The molecule has 26 heavy (non-hydrogen) atoms. The summed E-state index contributed by atoms with van der Waals surface area (Å²) in [6, 6.07) is 13.1. The van der Waals surface area contributed by atoms with Gasteiger partial charge in [-0.05, 0) is 43.2 Å². The van der Waals surface area contributed by atoms with Gasteiger partial charge in [0.25, 0.3) is 5.91 Å². The third-order valence-corrected chi connectivity index (χ3v) is 5.85. The van der Waals surface area contributed by atoms with Crippen molar-refractivity contribution in [1.29, 1.82) is 0 Å². The maximum Gasteiger partial charge on any atom is 0.257 e. The maximum absolute atomic E-state index is 12.6. The van der Waals surface area contributed by atoms with Crippen LogP contribution in [0.3, 0.4) is 0 Å². The van der Waals surface area contributed by atoms with Crippen LogP contribution in [0.1, 0.15) is 23.2 Å². The first kappa shape index (κ1) is 15.3. The third-order valence-electron chi connectivity index (χ3n) is 4.90. The van der Waals surface area contributed by atoms with Gasteiger partial charge in [0.2, 0.25) is 5.91 Å². The van der Waals surface area contributed by atoms with Crippen LogP contribution in [-0.2, 0) is 4.79 Å². The van der Waals surface area contributed by atoms with Crippen LogP contribution in [0.5, 0.6) is 0 Å². The highest BCUT2D eigenvalue weighted by atomic mass is 32.1. The second kappa shape index (κ2) is 5.81. The molecule has 130 valence electrons. The first-order chi connectivity index (χ1) is 12.7. The minimum Gasteiger partial charge on any atom is -0.358 e. The summed E-state index contributed by atoms with van der Waals surface area (Å²) in [5.74, 6) is -0.219. The molecule has 0 radical (unpaired) electrons. The van der Waals surface area contributed by atoms with E-state index < -0.39 is 0 Å². The predicted octanol–water partition coefficient (Wildman–Crippen LogP) is 3.47. The van der Waals surface area contributed by atoms with Crippen molar-refractivity contribution >= 4 is 49.9 Å². The molecule has 2 aliphatic rings. The summed E-state index contributed by atoms with van der Waals surface area (Å²) in [6.07, 6.45) is 1.89. The van der Waals surface area contributed by atoms with Gasteiger partial charge in [-0.25, -0.2) is 4.98 Å². The molecule has 0 bridgehead atoms. The van der Waals surface area contributed by atoms with E-state index in [0.29, 0.717) is 16.4 Å². The quantitative estimate of drug-likeness (QED) is 0.730. The van der Waals surface area contributed by atoms with E-state index in [1.165, 1.54) is 11.3 Å². The van der Waals surface area contributed by atoms with Crippen molar-refractivity contribution in [3.63, 3.8) is 0 Å². The molecular formula is C19H16N4O2S. The van der Waals surface area contributed by atoms with Gasteiger partial charge in [-0.1, -0.05) is 23.5 Å². The van der Waals surface area contributed by atoms with Crippen LogP contribution >= 0.6 is 11.3 Å². The molecular weight excluding hydrogens is 348 g/mol. The van der Waals surface area contributed by atoms with E-state index in [-0.39, 0.29) is 17.9 Å². The molecule has 3 heterocycles. The molecule has 2 aromatic carbocycles. The molecule has 1 fully saturated rings. The Labute approximate surface area is 153 Å². The van der Waals surface area contributed by atoms with E-state index in [9.17, 15) is 9.59 Å². The Morgan fingerprint density at radius 3 is 3.04 bits per heavy atom. The number of aromatic nitrogens is 1. The Morgan fingerprint density at radius 2 is 2.15 bits per heavy atom. The zero-order chi connectivity index (χ0) is 17.7. The number of fused-ring (bicyclic) bond motifs is 4. The van der Waals surface area contributed by atoms with E-state index in [1.54, 1.807) is 12.1 Å². The minimum atomic E-state index is -0.232. The number of para-hydroxylation sites is 1. The van der Waals surface area contributed by atoms with Crippen LogP contribution in [0.2, 0.25) is 0 Å². The molecule has 2 amide bonds. The lowest BCUT2D eigenvalue weighted by molar-refractivity contribution is -0.117. The molecule has 2 aliphatic heterocycles. The van der Waals surface area contributed by atoms with Crippen LogP contribution in [0, 0.1) is 0 Å². The van der Waals surface area contributed by atoms with Crippen molar-refractivity contribution in [3.05, 3.63) is 48.0 Å². The van der Waals surface area contributed by atoms with E-state index in [2.05, 4.69) is 20.5 Å². The Morgan fingerprint density at radius 1 is 1.27 bits per heavy atom. The number of amides is 2. The summed E-state index contributed by atoms with van der Waals surface area (Å²) in [7, 11) is 0. The molecule has 5 rings (SSSR count). The van der Waals surface area contributed by atoms with E-state index in [4.69, 9.17) is 0 Å². The monoisotopic (exact) mass is 364 g/mol. The summed E-state index contributed by atoms with van der Waals surface area (Å²) in [5.41, 5.74) is 3.06. The molecule has 7 heteroatoms. The second-order valence-corrected chi connectivity index (χ2v) is 7.54. The summed E-state index contributed by atoms with van der Waals surface area (Å²) in [6.45, 7) is 0.877. The van der Waals surface area contributed by atoms with Gasteiger partial charge < -0.3 is 10.2 Å². The van der Waals surface area contributed by atoms with Gasteiger partial charge in [-0.3, -0.25) is 14.9 Å². The van der Waals surface area contributed by atoms with E-state index in [1.807, 2.05) is 30.3 Å². The van der Waals surface area contributed by atoms with Crippen LogP contribution < -0.4 is 15.5 Å². The average molecular weight is 364 g/mol. The Bertz CT molecular complexity index is 1010. The van der Waals surface area contributed by atoms with Crippen molar-refractivity contribution in [2.75, 3.05) is 22.1 Å². The van der Waals surface area contributed by atoms with Crippen LogP contribution in [-0.4, -0.2) is 29.4 Å². The average Bonchev–Trinajstić information content (AvgIpc) is 3.28. The first-order valence-corrected chi connectivity index (χ1v) is 9.39. The highest BCUT2D eigenvalue weighted by Gasteiger charge is 2.36. The van der Waals surface area contributed by atoms with Gasteiger partial charge in [-0.15, -0.1) is 0 Å². The zero-order valence-corrected chi connectivity index (χ0v) is 14.7. The second-order valence-electron chi connectivity index (χ2n) is 6.51. The molecule has 0 spiro atoms. The Hall–Kier alpha value is -2.93. The normalized spacial score (nSPS) is 18.4. The Kier molecular flexibility index (Phi) is 3.43. The van der Waals surface area contributed by atoms with E-state index in [0.717, 1.165) is 35.3 Å². The van der Waals surface area contributed by atoms with Gasteiger partial charge in [-0.2, -0.15) is 0 Å². The standard InChI is InChI=1S/C19H16N4O2S/c24-17(22-19-21-12-4-1-2-6-16(12)26-19)11-7-8-14-13(10-11)20-18(25)15-5-3-9-23(14)15/h1-2,4,6-8,10,15H,3,5,9H2,(H,20,25)(H,21,22,24)/t15-/m0/s1. The van der Waals surface area contributed by atoms with Crippen molar-refractivity contribution in [2.24, 2.45) is 0 Å². The number of anilines is 3. The molecule has 0 unspecified atom stereocenters. The molecule has 1 atom stereocenters. The fraction of sp³-hybridized carbons (Fsp3) is 0.211. The summed E-state index contributed by atoms with van der Waals surface area (Å²) < 4.78 is 1.03. The van der Waals surface area contributed by atoms with Crippen LogP contribution in [0.25, 0.3) is 10.2 Å². The lowest BCUT2D eigenvalue weighted by atomic mass is 10.1. The summed E-state index contributed by atoms with van der Waals surface area (Å²) in [5, 5.41) is 6.36. The molecule has 3 aromatic rings. The van der Waals surface area contributed by atoms with Crippen molar-refractivity contribution in [1.82, 2.24) is 4.98 Å². The Balaban J connectivity index is 1.42. The number of nitrogens with zero attached hydrogens (tertiary/aromatic N) is 2. The van der Waals surface area contributed by atoms with Gasteiger partial charge in [0.1, 0.15) is 6.04 Å². The third kappa shape index (κ3) is 2.43. The molecule has 2 N–H and O–H groups in total. The fourth-order valence-corrected chi connectivity index (χ4v) is 4.53. The highest BCUT2D eigenvalue weighted by molar-refractivity contribution is 7.22. The minimum absolute atomic E-state index is 0.0127. The van der Waals surface area contributed by atoms with Gasteiger partial charge in [0.05, 0.1) is 21.6 Å². The lowest BCUT2D eigenvalue weighted by Crippen LogP contribution is -2.43. The number of rotatable bonds is 2. The summed E-state index contributed by atoms with van der Waals surface area (Å²) >= 11 is 1.44. The number of hydrogen-bond donors (Lipinski definition) is 2. The highest BCUT2D eigenvalue weighted by Crippen LogP contribution is 2.37. The van der Waals surface area contributed by atoms with Gasteiger partial charge >= 0.3 is 0 Å². The first-order valence-electron chi connectivity index (χ1n) is 8.57. The topological polar surface area (TPSA) is 74.3 Å². The number of carbonyl (C=O) groups is 2. The predicted molar refractivity (Wildman–Crippen MR) is 103 cm³/mol. The number of thiazole rings is 1. The molecule has 0 saturated carbocycles. The molecule has 6 nitrogen and oxygen atoms in total. The number of benzene rings is 2. The number of carbonyl (C=O) groups excluding carboxylic acids is 2. The smallest absolute Gasteiger partial charge is 0.257 e. The van der Waals surface area contributed by atoms with E-state index >= 15 is 0 Å². The van der Waals surface area contributed by atoms with Gasteiger partial charge in [0, 0.05) is 12.1 Å². The maximum atomic E-state index is 12.6. The fourth-order valence-electron chi connectivity index (χ4n) is 3.67. The van der Waals surface area contributed by atoms with Crippen molar-refractivity contribution < 1.29 is 9.59 Å². The van der Waals surface area contributed by atoms with Crippen LogP contribution in [0.15, 0.2) is 42.5 Å². The summed E-state index contributed by atoms with van der Waals surface area (Å²) in [4.78, 5) is 31.4. The van der Waals surface area contributed by atoms with Crippen LogP contribution in [0.4, 0.5) is 16.5 Å². The largest absolute Gasteiger partial charge is 0.358 e. The van der Waals surface area contributed by atoms with Crippen molar-refractivity contribution in [2.45, 2.75) is 18.9 Å². The van der Waals surface area contributed by atoms with Crippen molar-refractivity contribution in [3.8, 4) is 0 Å². The van der Waals surface area contributed by atoms with Gasteiger partial charge in [0.15, 0.2) is 5.13 Å². The number of nitrogens with one attached hydrogen (secondary N) is 2. The molecule has 0 aliphatic carbocycles. The zero-order valence-electron chi connectivity index (χ0n) is 13.9. The molecule has 1 aromatic heterocycles. The SMILES string of the molecule is O=C(Nc1nc2ccccc2s1)c1ccc2c(c1)NC(=O)[C@@H]1CCCN21. The number of hydrogen-bond acceptors (Lipinski definition) is 5. The molecule has 1 saturated heterocycles. The lowest BCUT2D eigenvalue weighted by Gasteiger charge is -2.33.